The number of hydrogen-bond acceptors (Lipinski definition) is 10. The van der Waals surface area contributed by atoms with Crippen LogP contribution in [0, 0.1) is 28.4 Å². The summed E-state index contributed by atoms with van der Waals surface area (Å²) < 4.78 is 68.8. The highest BCUT2D eigenvalue weighted by Gasteiger charge is 2.50. The number of nitrogens with one attached hydrogen (secondary N) is 2. The molecule has 0 radical (unpaired) electrons. The summed E-state index contributed by atoms with van der Waals surface area (Å²) in [5, 5.41) is 17.6. The SMILES string of the molecule is CCN(C)S(=O)(=O)Nc1ccc(F)c(Oc2ccc3ncn(C4CC5(CCN(C6CCC(c7cc8c(cc7F)c(N7CCC(=O)NC7=O)nn8C)CC6)C5)C4)c(=O)c3c2)c1C#N. The molecule has 2 saturated heterocycles. The van der Waals surface area contributed by atoms with Crippen LogP contribution in [-0.2, 0) is 22.1 Å². The molecular weight excluding hydrogens is 823 g/mol. The molecule has 5 aromatic rings. The zero-order valence-corrected chi connectivity index (χ0v) is 35.3. The molecule has 4 heterocycles. The Balaban J connectivity index is 0.843. The van der Waals surface area contributed by atoms with E-state index in [1.807, 2.05) is 12.1 Å². The van der Waals surface area contributed by atoms with Crippen LogP contribution in [-0.4, -0.2) is 88.2 Å². The maximum atomic E-state index is 15.8. The van der Waals surface area contributed by atoms with Crippen LogP contribution in [0.1, 0.15) is 81.4 Å². The van der Waals surface area contributed by atoms with Gasteiger partial charge in [0.1, 0.15) is 23.2 Å². The Hall–Kier alpha value is -5.97. The molecule has 3 aromatic carbocycles. The fraction of sp³-hybridized carbons (Fsp3) is 0.442. The standard InChI is InChI=1S/C43H46F2N10O6S/c1-4-51(2)62(59,60)50-36-12-10-33(44)39(32(36)22-46)61-28-9-11-35-30(17-28)41(57)55(24-47-35)27-20-43(21-27)14-16-53(23-43)26-7-5-25(6-8-26)29-19-37-31(18-34(29)45)40(49-52(37)3)54-15-13-38(56)48-42(54)58/h9-12,17-19,24-27,50H,4-8,13-16,20-21,23H2,1-3H3,(H,48,56,58). The molecule has 324 valence electrons. The lowest BCUT2D eigenvalue weighted by molar-refractivity contribution is -0.120. The molecule has 2 aliphatic heterocycles. The van der Waals surface area contributed by atoms with Crippen LogP contribution in [0.2, 0.25) is 0 Å². The number of imide groups is 1. The lowest BCUT2D eigenvalue weighted by Gasteiger charge is -2.46. The normalized spacial score (nSPS) is 23.2. The third-order valence-electron chi connectivity index (χ3n) is 13.4. The minimum atomic E-state index is -4.01. The molecule has 2 aliphatic carbocycles. The Morgan fingerprint density at radius 3 is 2.52 bits per heavy atom. The van der Waals surface area contributed by atoms with Crippen LogP contribution < -0.4 is 25.2 Å². The van der Waals surface area contributed by atoms with Gasteiger partial charge in [0, 0.05) is 57.6 Å². The van der Waals surface area contributed by atoms with Crippen LogP contribution in [0.15, 0.2) is 53.6 Å². The van der Waals surface area contributed by atoms with E-state index in [-0.39, 0.29) is 76.6 Å². The zero-order chi connectivity index (χ0) is 43.7. The fourth-order valence-corrected chi connectivity index (χ4v) is 10.8. The van der Waals surface area contributed by atoms with Gasteiger partial charge in [0.25, 0.3) is 5.56 Å². The molecule has 0 bridgehead atoms. The van der Waals surface area contributed by atoms with Crippen molar-refractivity contribution in [3.8, 4) is 17.6 Å². The Kier molecular flexibility index (Phi) is 10.5. The maximum absolute atomic E-state index is 15.8. The number of urea groups is 1. The number of aromatic nitrogens is 4. The van der Waals surface area contributed by atoms with E-state index >= 15 is 8.78 Å². The molecular formula is C43H46F2N10O6S. The van der Waals surface area contributed by atoms with Crippen LogP contribution in [0.4, 0.5) is 25.1 Å². The van der Waals surface area contributed by atoms with Gasteiger partial charge in [-0.05, 0) is 111 Å². The smallest absolute Gasteiger partial charge is 0.329 e. The number of fused-ring (bicyclic) bond motifs is 2. The summed E-state index contributed by atoms with van der Waals surface area (Å²) in [6.07, 6.45) is 7.95. The van der Waals surface area contributed by atoms with E-state index in [0.29, 0.717) is 28.3 Å². The van der Waals surface area contributed by atoms with Gasteiger partial charge in [0.15, 0.2) is 17.4 Å². The van der Waals surface area contributed by atoms with E-state index in [9.17, 15) is 28.1 Å². The van der Waals surface area contributed by atoms with Crippen LogP contribution in [0.3, 0.4) is 0 Å². The predicted molar refractivity (Wildman–Crippen MR) is 226 cm³/mol. The molecule has 3 amide bonds. The van der Waals surface area contributed by atoms with Crippen molar-refractivity contribution < 1.29 is 31.5 Å². The fourth-order valence-electron chi connectivity index (χ4n) is 9.85. The first-order chi connectivity index (χ1) is 29.7. The molecule has 2 N–H and O–H groups in total. The topological polar surface area (TPSA) is 188 Å². The summed E-state index contributed by atoms with van der Waals surface area (Å²) in [5.41, 5.74) is 1.13. The predicted octanol–water partition coefficient (Wildman–Crippen LogP) is 6.03. The molecule has 2 saturated carbocycles. The Morgan fingerprint density at radius 1 is 1.02 bits per heavy atom. The summed E-state index contributed by atoms with van der Waals surface area (Å²) in [7, 11) is -0.876. The molecule has 16 nitrogen and oxygen atoms in total. The number of carbonyl (C=O) groups excluding carboxylic acids is 2. The van der Waals surface area contributed by atoms with Crippen molar-refractivity contribution in [2.24, 2.45) is 12.5 Å². The molecule has 0 unspecified atom stereocenters. The van der Waals surface area contributed by atoms with Crippen LogP contribution in [0.25, 0.3) is 21.8 Å². The highest BCUT2D eigenvalue weighted by atomic mass is 32.2. The third kappa shape index (κ3) is 7.32. The van der Waals surface area contributed by atoms with Gasteiger partial charge in [0.2, 0.25) is 5.91 Å². The number of aryl methyl sites for hydroxylation is 1. The molecule has 2 aromatic heterocycles. The minimum absolute atomic E-state index is 0.0505. The maximum Gasteiger partial charge on any atom is 0.329 e. The Bertz CT molecular complexity index is 2860. The number of nitrogens with zero attached hydrogens (tertiary/aromatic N) is 8. The number of benzene rings is 3. The van der Waals surface area contributed by atoms with Crippen molar-refractivity contribution in [3.63, 3.8) is 0 Å². The molecule has 4 aliphatic rings. The monoisotopic (exact) mass is 868 g/mol. The third-order valence-corrected chi connectivity index (χ3v) is 15.0. The highest BCUT2D eigenvalue weighted by molar-refractivity contribution is 7.90. The first kappa shape index (κ1) is 41.4. The molecule has 0 atom stereocenters. The number of hydrogen-bond donors (Lipinski definition) is 2. The van der Waals surface area contributed by atoms with Crippen molar-refractivity contribution in [2.45, 2.75) is 76.3 Å². The van der Waals surface area contributed by atoms with Crippen LogP contribution in [0.5, 0.6) is 11.5 Å². The average molecular weight is 869 g/mol. The lowest BCUT2D eigenvalue weighted by Crippen LogP contribution is -2.49. The van der Waals surface area contributed by atoms with E-state index in [0.717, 1.165) is 80.0 Å². The Labute approximate surface area is 356 Å². The quantitative estimate of drug-likeness (QED) is 0.168. The number of carbonyl (C=O) groups is 2. The van der Waals surface area contributed by atoms with Crippen molar-refractivity contribution in [2.75, 3.05) is 42.8 Å². The van der Waals surface area contributed by atoms with Gasteiger partial charge in [-0.25, -0.2) is 18.6 Å². The second kappa shape index (κ2) is 15.7. The number of amides is 3. The van der Waals surface area contributed by atoms with Crippen LogP contribution >= 0.6 is 0 Å². The van der Waals surface area contributed by atoms with Gasteiger partial charge in [-0.3, -0.25) is 38.7 Å². The average Bonchev–Trinajstić information content (AvgIpc) is 3.83. The van der Waals surface area contributed by atoms with Crippen molar-refractivity contribution in [1.82, 2.24) is 33.9 Å². The van der Waals surface area contributed by atoms with E-state index in [1.165, 1.54) is 30.1 Å². The van der Waals surface area contributed by atoms with E-state index in [2.05, 4.69) is 25.0 Å². The van der Waals surface area contributed by atoms with E-state index in [4.69, 9.17) is 4.74 Å². The van der Waals surface area contributed by atoms with Crippen molar-refractivity contribution >= 4 is 55.5 Å². The molecule has 1 spiro atoms. The second-order valence-corrected chi connectivity index (χ2v) is 18.8. The summed E-state index contributed by atoms with van der Waals surface area (Å²) in [5.74, 6) is -1.55. The molecule has 9 rings (SSSR count). The number of ether oxygens (including phenoxy) is 1. The first-order valence-electron chi connectivity index (χ1n) is 20.8. The first-order valence-corrected chi connectivity index (χ1v) is 22.3. The van der Waals surface area contributed by atoms with Gasteiger partial charge in [-0.1, -0.05) is 6.92 Å². The van der Waals surface area contributed by atoms with Crippen molar-refractivity contribution in [3.05, 3.63) is 81.9 Å². The molecule has 62 heavy (non-hydrogen) atoms. The zero-order valence-electron chi connectivity index (χ0n) is 34.5. The van der Waals surface area contributed by atoms with E-state index < -0.39 is 27.8 Å². The second-order valence-electron chi connectivity index (χ2n) is 17.1. The number of nitriles is 1. The van der Waals surface area contributed by atoms with Gasteiger partial charge in [0.05, 0.1) is 28.4 Å². The molecule has 19 heteroatoms. The summed E-state index contributed by atoms with van der Waals surface area (Å²) in [6.45, 7) is 3.89. The van der Waals surface area contributed by atoms with Gasteiger partial charge < -0.3 is 4.74 Å². The van der Waals surface area contributed by atoms with Gasteiger partial charge in [-0.2, -0.15) is 23.1 Å². The Morgan fingerprint density at radius 2 is 1.79 bits per heavy atom. The van der Waals surface area contributed by atoms with Gasteiger partial charge >= 0.3 is 16.2 Å². The lowest BCUT2D eigenvalue weighted by atomic mass is 9.64. The van der Waals surface area contributed by atoms with Crippen molar-refractivity contribution in [1.29, 1.82) is 5.26 Å². The summed E-state index contributed by atoms with van der Waals surface area (Å²) in [4.78, 5) is 46.6. The van der Waals surface area contributed by atoms with E-state index in [1.54, 1.807) is 35.6 Å². The van der Waals surface area contributed by atoms with Gasteiger partial charge in [-0.15, -0.1) is 0 Å². The molecule has 4 fully saturated rings. The number of likely N-dealkylation sites (tertiary alicyclic amines) is 1. The number of halogens is 2. The highest BCUT2D eigenvalue weighted by Crippen LogP contribution is 2.55. The minimum Gasteiger partial charge on any atom is -0.453 e. The largest absolute Gasteiger partial charge is 0.453 e. The summed E-state index contributed by atoms with van der Waals surface area (Å²) >= 11 is 0. The number of anilines is 2. The summed E-state index contributed by atoms with van der Waals surface area (Å²) in [6, 6.07) is 11.7. The number of rotatable bonds is 10.